The molecule has 0 aromatic heterocycles. The monoisotopic (exact) mass is 246 g/mol. The maximum Gasteiger partial charge on any atom is 0.233 e. The average Bonchev–Trinajstić information content (AvgIpc) is 2.74. The van der Waals surface area contributed by atoms with Gasteiger partial charge in [-0.15, -0.1) is 0 Å². The van der Waals surface area contributed by atoms with Crippen LogP contribution in [-0.4, -0.2) is 26.0 Å². The summed E-state index contributed by atoms with van der Waals surface area (Å²) in [5.41, 5.74) is 3.12. The van der Waals surface area contributed by atoms with Crippen molar-refractivity contribution in [1.82, 2.24) is 5.32 Å². The van der Waals surface area contributed by atoms with Crippen LogP contribution in [0.2, 0.25) is 0 Å². The second-order valence-electron chi connectivity index (χ2n) is 5.70. The molecule has 1 aliphatic rings. The lowest BCUT2D eigenvalue weighted by molar-refractivity contribution is -0.126. The fraction of sp³-hybridized carbons (Fsp3) is 0.533. The molecule has 1 heterocycles. The highest BCUT2D eigenvalue weighted by Gasteiger charge is 2.38. The molecule has 98 valence electrons. The van der Waals surface area contributed by atoms with Crippen LogP contribution in [0, 0.1) is 19.3 Å². The summed E-state index contributed by atoms with van der Waals surface area (Å²) in [5.74, 6) is 0.206. The Labute approximate surface area is 109 Å². The number of carbonyl (C=O) groups is 1. The zero-order valence-electron chi connectivity index (χ0n) is 11.7. The molecule has 0 radical (unpaired) electrons. The molecule has 3 nitrogen and oxygen atoms in total. The van der Waals surface area contributed by atoms with Crippen molar-refractivity contribution in [2.45, 2.75) is 27.2 Å². The van der Waals surface area contributed by atoms with Crippen LogP contribution in [-0.2, 0) is 4.79 Å². The van der Waals surface area contributed by atoms with Crippen molar-refractivity contribution in [3.8, 4) is 0 Å². The molecule has 0 aliphatic carbocycles. The molecule has 3 heteroatoms. The Kier molecular flexibility index (Phi) is 3.44. The Hall–Kier alpha value is -1.35. The number of amides is 1. The molecule has 1 N–H and O–H groups in total. The van der Waals surface area contributed by atoms with Crippen molar-refractivity contribution in [2.24, 2.45) is 5.41 Å². The minimum atomic E-state index is -0.258. The number of nitrogens with one attached hydrogen (secondary N) is 1. The minimum Gasteiger partial charge on any atom is -0.316 e. The summed E-state index contributed by atoms with van der Waals surface area (Å²) >= 11 is 0. The first-order valence-electron chi connectivity index (χ1n) is 6.49. The van der Waals surface area contributed by atoms with Gasteiger partial charge < -0.3 is 10.2 Å². The lowest BCUT2D eigenvalue weighted by Crippen LogP contribution is -2.41. The first kappa shape index (κ1) is 13.1. The van der Waals surface area contributed by atoms with Gasteiger partial charge in [0.2, 0.25) is 5.91 Å². The number of aryl methyl sites for hydroxylation is 2. The van der Waals surface area contributed by atoms with Gasteiger partial charge in [-0.05, 0) is 57.0 Å². The Balaban J connectivity index is 2.25. The number of rotatable bonds is 2. The molecule has 2 rings (SSSR count). The summed E-state index contributed by atoms with van der Waals surface area (Å²) in [6.45, 7) is 7.89. The fourth-order valence-electron chi connectivity index (χ4n) is 2.67. The van der Waals surface area contributed by atoms with Crippen LogP contribution in [0.4, 0.5) is 5.69 Å². The molecule has 0 bridgehead atoms. The number of benzene rings is 1. The van der Waals surface area contributed by atoms with Crippen LogP contribution in [0.5, 0.6) is 0 Å². The molecule has 0 spiro atoms. The maximum absolute atomic E-state index is 12.6. The highest BCUT2D eigenvalue weighted by molar-refractivity contribution is 5.97. The second-order valence-corrected chi connectivity index (χ2v) is 5.70. The third-order valence-electron chi connectivity index (χ3n) is 3.78. The highest BCUT2D eigenvalue weighted by atomic mass is 16.2. The molecule has 0 saturated carbocycles. The molecule has 1 fully saturated rings. The van der Waals surface area contributed by atoms with Crippen LogP contribution >= 0.6 is 0 Å². The van der Waals surface area contributed by atoms with Gasteiger partial charge in [-0.2, -0.15) is 0 Å². The predicted molar refractivity (Wildman–Crippen MR) is 74.9 cm³/mol. The zero-order valence-corrected chi connectivity index (χ0v) is 11.7. The van der Waals surface area contributed by atoms with Gasteiger partial charge in [0.15, 0.2) is 0 Å². The smallest absolute Gasteiger partial charge is 0.233 e. The van der Waals surface area contributed by atoms with Crippen molar-refractivity contribution in [3.05, 3.63) is 29.3 Å². The van der Waals surface area contributed by atoms with Crippen molar-refractivity contribution in [3.63, 3.8) is 0 Å². The largest absolute Gasteiger partial charge is 0.316 e. The van der Waals surface area contributed by atoms with Crippen molar-refractivity contribution in [1.29, 1.82) is 0 Å². The van der Waals surface area contributed by atoms with E-state index in [4.69, 9.17) is 0 Å². The van der Waals surface area contributed by atoms with Crippen LogP contribution in [0.1, 0.15) is 24.5 Å². The number of hydrogen-bond acceptors (Lipinski definition) is 2. The van der Waals surface area contributed by atoms with Crippen LogP contribution in [0.25, 0.3) is 0 Å². The van der Waals surface area contributed by atoms with E-state index in [1.165, 1.54) is 11.1 Å². The lowest BCUT2D eigenvalue weighted by Gasteiger charge is -2.28. The zero-order chi connectivity index (χ0) is 13.3. The molecule has 1 unspecified atom stereocenters. The maximum atomic E-state index is 12.6. The Bertz CT molecular complexity index is 441. The third-order valence-corrected chi connectivity index (χ3v) is 3.78. The summed E-state index contributed by atoms with van der Waals surface area (Å²) in [7, 11) is 1.88. The van der Waals surface area contributed by atoms with Gasteiger partial charge in [0.1, 0.15) is 0 Å². The van der Waals surface area contributed by atoms with E-state index in [9.17, 15) is 4.79 Å². The third kappa shape index (κ3) is 2.41. The molecule has 1 aromatic carbocycles. The first-order valence-corrected chi connectivity index (χ1v) is 6.49. The van der Waals surface area contributed by atoms with Crippen molar-refractivity contribution in [2.75, 3.05) is 25.0 Å². The summed E-state index contributed by atoms with van der Waals surface area (Å²) < 4.78 is 0. The molecule has 1 saturated heterocycles. The molecular weight excluding hydrogens is 224 g/mol. The van der Waals surface area contributed by atoms with E-state index >= 15 is 0 Å². The van der Waals surface area contributed by atoms with E-state index in [1.54, 1.807) is 4.90 Å². The first-order chi connectivity index (χ1) is 8.42. The van der Waals surface area contributed by atoms with Crippen LogP contribution < -0.4 is 10.2 Å². The van der Waals surface area contributed by atoms with Crippen molar-refractivity contribution < 1.29 is 4.79 Å². The average molecular weight is 246 g/mol. The second kappa shape index (κ2) is 4.73. The molecule has 1 amide bonds. The van der Waals surface area contributed by atoms with Crippen LogP contribution in [0.15, 0.2) is 18.2 Å². The summed E-state index contributed by atoms with van der Waals surface area (Å²) in [6, 6.07) is 6.26. The SMILES string of the molecule is Cc1cc(C)cc(N(C)C(=O)C2(C)CCNC2)c1. The normalized spacial score (nSPS) is 23.1. The number of nitrogens with zero attached hydrogens (tertiary/aromatic N) is 1. The van der Waals surface area contributed by atoms with Gasteiger partial charge in [-0.3, -0.25) is 4.79 Å². The van der Waals surface area contributed by atoms with Crippen LogP contribution in [0.3, 0.4) is 0 Å². The minimum absolute atomic E-state index is 0.206. The van der Waals surface area contributed by atoms with E-state index in [2.05, 4.69) is 44.3 Å². The fourth-order valence-corrected chi connectivity index (χ4v) is 2.67. The highest BCUT2D eigenvalue weighted by Crippen LogP contribution is 2.29. The number of carbonyl (C=O) groups excluding carboxylic acids is 1. The Morgan fingerprint density at radius 1 is 1.28 bits per heavy atom. The van der Waals surface area contributed by atoms with E-state index in [0.717, 1.165) is 25.2 Å². The Morgan fingerprint density at radius 3 is 2.39 bits per heavy atom. The van der Waals surface area contributed by atoms with E-state index in [0.29, 0.717) is 0 Å². The topological polar surface area (TPSA) is 32.3 Å². The lowest BCUT2D eigenvalue weighted by atomic mass is 9.88. The quantitative estimate of drug-likeness (QED) is 0.868. The summed E-state index contributed by atoms with van der Waals surface area (Å²) in [6.07, 6.45) is 0.918. The Morgan fingerprint density at radius 2 is 1.89 bits per heavy atom. The van der Waals surface area contributed by atoms with Gasteiger partial charge in [0.25, 0.3) is 0 Å². The standard InChI is InChI=1S/C15H22N2O/c1-11-7-12(2)9-13(8-11)17(4)14(18)15(3)5-6-16-10-15/h7-9,16H,5-6,10H2,1-4H3. The van der Waals surface area contributed by atoms with Gasteiger partial charge in [-0.25, -0.2) is 0 Å². The predicted octanol–water partition coefficient (Wildman–Crippen LogP) is 2.27. The molecule has 1 aliphatic heterocycles. The number of hydrogen-bond donors (Lipinski definition) is 1. The van der Waals surface area contributed by atoms with Gasteiger partial charge in [0.05, 0.1) is 5.41 Å². The number of anilines is 1. The molecule has 1 aromatic rings. The molecular formula is C15H22N2O. The van der Waals surface area contributed by atoms with Crippen molar-refractivity contribution >= 4 is 11.6 Å². The van der Waals surface area contributed by atoms with E-state index in [-0.39, 0.29) is 11.3 Å². The van der Waals surface area contributed by atoms with E-state index < -0.39 is 0 Å². The van der Waals surface area contributed by atoms with Gasteiger partial charge >= 0.3 is 0 Å². The molecule has 1 atom stereocenters. The summed E-state index contributed by atoms with van der Waals surface area (Å²) in [4.78, 5) is 14.4. The molecule has 18 heavy (non-hydrogen) atoms. The summed E-state index contributed by atoms with van der Waals surface area (Å²) in [5, 5.41) is 3.28. The van der Waals surface area contributed by atoms with Gasteiger partial charge in [0, 0.05) is 19.3 Å². The van der Waals surface area contributed by atoms with Gasteiger partial charge in [-0.1, -0.05) is 6.07 Å². The van der Waals surface area contributed by atoms with E-state index in [1.807, 2.05) is 7.05 Å².